The Morgan fingerprint density at radius 3 is 2.86 bits per heavy atom. The summed E-state index contributed by atoms with van der Waals surface area (Å²) in [4.78, 5) is 25.5. The second kappa shape index (κ2) is 5.89. The molecular weight excluding hydrogens is 270 g/mol. The van der Waals surface area contributed by atoms with E-state index in [4.69, 9.17) is 10.3 Å². The summed E-state index contributed by atoms with van der Waals surface area (Å²) in [5.74, 6) is 5.61. The number of carbonyl (C=O) groups is 2. The molecule has 0 saturated carbocycles. The van der Waals surface area contributed by atoms with Crippen LogP contribution in [0, 0.1) is 12.3 Å². The molecule has 0 bridgehead atoms. The van der Waals surface area contributed by atoms with Gasteiger partial charge in [-0.3, -0.25) is 15.0 Å². The number of aryl methyl sites for hydroxylation is 1. The molecule has 2 amide bonds. The topological polar surface area (TPSA) is 88.6 Å². The molecule has 1 aromatic rings. The molecule has 1 aliphatic rings. The van der Waals surface area contributed by atoms with E-state index in [1.54, 1.807) is 13.0 Å². The number of carbonyl (C=O) groups excluding carboxylic acids is 2. The highest BCUT2D eigenvalue weighted by molar-refractivity contribution is 5.91. The molecule has 1 aliphatic heterocycles. The normalized spacial score (nSPS) is 18.5. The van der Waals surface area contributed by atoms with Crippen LogP contribution in [0.3, 0.4) is 0 Å². The first-order valence-electron chi connectivity index (χ1n) is 7.20. The highest BCUT2D eigenvalue weighted by atomic mass is 16.4. The summed E-state index contributed by atoms with van der Waals surface area (Å²) in [5, 5.41) is 0. The van der Waals surface area contributed by atoms with Gasteiger partial charge >= 0.3 is 5.91 Å². The number of nitrogen functional groups attached to an aromatic ring is 1. The molecule has 1 fully saturated rings. The first kappa shape index (κ1) is 15.6. The Balaban J connectivity index is 2.12. The number of hydrogen-bond acceptors (Lipinski definition) is 4. The maximum atomic E-state index is 12.2. The van der Waals surface area contributed by atoms with Gasteiger partial charge in [-0.25, -0.2) is 5.84 Å². The minimum Gasteiger partial charge on any atom is -0.456 e. The van der Waals surface area contributed by atoms with Crippen molar-refractivity contribution < 1.29 is 14.0 Å². The standard InChI is InChI=1S/C15H23N3O3/c1-10-11(8-12(21-10)14(20)17-16)9-18-7-6-15(2,3)5-4-13(18)19/h8H,4-7,9,16H2,1-3H3,(H,17,20). The van der Waals surface area contributed by atoms with Crippen molar-refractivity contribution in [3.63, 3.8) is 0 Å². The molecule has 1 saturated heterocycles. The number of furan rings is 1. The Morgan fingerprint density at radius 1 is 1.48 bits per heavy atom. The molecule has 6 nitrogen and oxygen atoms in total. The van der Waals surface area contributed by atoms with Crippen LogP contribution >= 0.6 is 0 Å². The largest absolute Gasteiger partial charge is 0.456 e. The number of nitrogens with two attached hydrogens (primary N) is 1. The minimum atomic E-state index is -0.465. The molecule has 0 aliphatic carbocycles. The average Bonchev–Trinajstić information content (AvgIpc) is 2.75. The van der Waals surface area contributed by atoms with Gasteiger partial charge in [0.2, 0.25) is 5.91 Å². The summed E-state index contributed by atoms with van der Waals surface area (Å²) in [5.41, 5.74) is 3.09. The lowest BCUT2D eigenvalue weighted by Gasteiger charge is -2.23. The first-order valence-corrected chi connectivity index (χ1v) is 7.20. The number of likely N-dealkylation sites (tertiary alicyclic amines) is 1. The monoisotopic (exact) mass is 293 g/mol. The van der Waals surface area contributed by atoms with Crippen LogP contribution in [0.2, 0.25) is 0 Å². The van der Waals surface area contributed by atoms with E-state index < -0.39 is 5.91 Å². The Morgan fingerprint density at radius 2 is 2.19 bits per heavy atom. The molecule has 3 N–H and O–H groups in total. The smallest absolute Gasteiger partial charge is 0.300 e. The van der Waals surface area contributed by atoms with Gasteiger partial charge in [-0.15, -0.1) is 0 Å². The third-order valence-electron chi connectivity index (χ3n) is 4.16. The highest BCUT2D eigenvalue weighted by Gasteiger charge is 2.28. The Bertz CT molecular complexity index is 548. The van der Waals surface area contributed by atoms with Crippen molar-refractivity contribution in [2.45, 2.75) is 46.6 Å². The molecule has 0 spiro atoms. The van der Waals surface area contributed by atoms with Crippen molar-refractivity contribution in [1.29, 1.82) is 0 Å². The number of nitrogens with zero attached hydrogens (tertiary/aromatic N) is 1. The number of amides is 2. The highest BCUT2D eigenvalue weighted by Crippen LogP contribution is 2.31. The molecule has 1 aromatic heterocycles. The fraction of sp³-hybridized carbons (Fsp3) is 0.600. The predicted molar refractivity (Wildman–Crippen MR) is 78.1 cm³/mol. The SMILES string of the molecule is Cc1oc(C(=O)NN)cc1CN1CCC(C)(C)CCC1=O. The van der Waals surface area contributed by atoms with Crippen molar-refractivity contribution in [1.82, 2.24) is 10.3 Å². The first-order chi connectivity index (χ1) is 9.82. The zero-order valence-electron chi connectivity index (χ0n) is 12.9. The van der Waals surface area contributed by atoms with E-state index in [1.807, 2.05) is 10.3 Å². The average molecular weight is 293 g/mol. The summed E-state index contributed by atoms with van der Waals surface area (Å²) >= 11 is 0. The third-order valence-corrected chi connectivity index (χ3v) is 4.16. The molecule has 21 heavy (non-hydrogen) atoms. The van der Waals surface area contributed by atoms with Gasteiger partial charge in [0.25, 0.3) is 0 Å². The Labute approximate surface area is 124 Å². The van der Waals surface area contributed by atoms with Crippen LogP contribution in [0.5, 0.6) is 0 Å². The summed E-state index contributed by atoms with van der Waals surface area (Å²) in [7, 11) is 0. The van der Waals surface area contributed by atoms with Crippen molar-refractivity contribution in [2.75, 3.05) is 6.54 Å². The van der Waals surface area contributed by atoms with Crippen molar-refractivity contribution in [2.24, 2.45) is 11.3 Å². The molecule has 2 heterocycles. The zero-order chi connectivity index (χ0) is 15.6. The van der Waals surface area contributed by atoms with E-state index >= 15 is 0 Å². The van der Waals surface area contributed by atoms with Crippen LogP contribution in [0.15, 0.2) is 10.5 Å². The van der Waals surface area contributed by atoms with E-state index in [-0.39, 0.29) is 17.1 Å². The lowest BCUT2D eigenvalue weighted by Crippen LogP contribution is -2.30. The lowest BCUT2D eigenvalue weighted by molar-refractivity contribution is -0.131. The molecular formula is C15H23N3O3. The van der Waals surface area contributed by atoms with E-state index in [1.165, 1.54) is 0 Å². The van der Waals surface area contributed by atoms with Crippen molar-refractivity contribution in [3.05, 3.63) is 23.2 Å². The Kier molecular flexibility index (Phi) is 4.37. The summed E-state index contributed by atoms with van der Waals surface area (Å²) in [6.07, 6.45) is 2.46. The number of nitrogens with one attached hydrogen (secondary N) is 1. The quantitative estimate of drug-likeness (QED) is 0.504. The third kappa shape index (κ3) is 3.64. The van der Waals surface area contributed by atoms with Gasteiger partial charge in [-0.1, -0.05) is 13.8 Å². The number of hydrogen-bond donors (Lipinski definition) is 2. The van der Waals surface area contributed by atoms with E-state index in [2.05, 4.69) is 13.8 Å². The number of hydrazine groups is 1. The van der Waals surface area contributed by atoms with E-state index in [0.717, 1.165) is 24.9 Å². The summed E-state index contributed by atoms with van der Waals surface area (Å²) < 4.78 is 5.39. The van der Waals surface area contributed by atoms with Crippen LogP contribution in [0.4, 0.5) is 0 Å². The van der Waals surface area contributed by atoms with E-state index in [9.17, 15) is 9.59 Å². The van der Waals surface area contributed by atoms with Crippen molar-refractivity contribution in [3.8, 4) is 0 Å². The van der Waals surface area contributed by atoms with Crippen LogP contribution < -0.4 is 11.3 Å². The van der Waals surface area contributed by atoms with Gasteiger partial charge in [0, 0.05) is 25.1 Å². The maximum absolute atomic E-state index is 12.2. The molecule has 6 heteroatoms. The molecule has 2 rings (SSSR count). The minimum absolute atomic E-state index is 0.158. The van der Waals surface area contributed by atoms with Crippen LogP contribution in [0.25, 0.3) is 0 Å². The maximum Gasteiger partial charge on any atom is 0.300 e. The fourth-order valence-electron chi connectivity index (χ4n) is 2.52. The van der Waals surface area contributed by atoms with Crippen LogP contribution in [-0.2, 0) is 11.3 Å². The van der Waals surface area contributed by atoms with E-state index in [0.29, 0.717) is 18.7 Å². The van der Waals surface area contributed by atoms with Crippen molar-refractivity contribution >= 4 is 11.8 Å². The predicted octanol–water partition coefficient (Wildman–Crippen LogP) is 1.73. The zero-order valence-corrected chi connectivity index (χ0v) is 12.9. The van der Waals surface area contributed by atoms with Crippen LogP contribution in [0.1, 0.15) is 55.0 Å². The van der Waals surface area contributed by atoms with Gasteiger partial charge in [-0.05, 0) is 31.2 Å². The molecule has 0 unspecified atom stereocenters. The van der Waals surface area contributed by atoms with Gasteiger partial charge in [0.15, 0.2) is 5.76 Å². The molecule has 0 atom stereocenters. The second-order valence-corrected chi connectivity index (χ2v) is 6.40. The Hall–Kier alpha value is -1.82. The molecule has 0 radical (unpaired) electrons. The van der Waals surface area contributed by atoms with Gasteiger partial charge < -0.3 is 9.32 Å². The summed E-state index contributed by atoms with van der Waals surface area (Å²) in [6.45, 7) is 7.37. The van der Waals surface area contributed by atoms with Gasteiger partial charge in [-0.2, -0.15) is 0 Å². The lowest BCUT2D eigenvalue weighted by atomic mass is 9.85. The second-order valence-electron chi connectivity index (χ2n) is 6.40. The van der Waals surface area contributed by atoms with Crippen LogP contribution in [-0.4, -0.2) is 23.3 Å². The van der Waals surface area contributed by atoms with Gasteiger partial charge in [0.05, 0.1) is 0 Å². The molecule has 116 valence electrons. The number of rotatable bonds is 3. The summed E-state index contributed by atoms with van der Waals surface area (Å²) in [6, 6.07) is 1.65. The molecule has 0 aromatic carbocycles. The fourth-order valence-corrected chi connectivity index (χ4v) is 2.52. The van der Waals surface area contributed by atoms with Gasteiger partial charge in [0.1, 0.15) is 5.76 Å².